The Hall–Kier alpha value is -3.72. The number of nitrogens with zero attached hydrogens (tertiary/aromatic N) is 2. The summed E-state index contributed by atoms with van der Waals surface area (Å²) >= 11 is 0. The van der Waals surface area contributed by atoms with Crippen molar-refractivity contribution in [2.24, 2.45) is 0 Å². The van der Waals surface area contributed by atoms with Crippen LogP contribution >= 0.6 is 0 Å². The third-order valence-corrected chi connectivity index (χ3v) is 6.81. The maximum atomic E-state index is 13.9. The van der Waals surface area contributed by atoms with Crippen molar-refractivity contribution >= 4 is 27.5 Å². The molecule has 3 rings (SSSR count). The molecule has 0 aliphatic carbocycles. The third-order valence-electron chi connectivity index (χ3n) is 5.67. The van der Waals surface area contributed by atoms with Crippen LogP contribution in [0.15, 0.2) is 84.9 Å². The second kappa shape index (κ2) is 12.5. The zero-order valence-corrected chi connectivity index (χ0v) is 22.0. The molecule has 0 spiro atoms. The smallest absolute Gasteiger partial charge is 0.244 e. The van der Waals surface area contributed by atoms with Crippen molar-refractivity contribution in [1.82, 2.24) is 10.2 Å². The van der Waals surface area contributed by atoms with Crippen LogP contribution < -0.4 is 9.62 Å². The number of carbonyl (C=O) groups excluding carboxylic acids is 2. The van der Waals surface area contributed by atoms with Crippen molar-refractivity contribution in [3.63, 3.8) is 0 Å². The molecule has 3 aromatic rings. The number of anilines is 1. The molecule has 0 unspecified atom stereocenters. The number of sulfonamides is 1. The van der Waals surface area contributed by atoms with Gasteiger partial charge in [-0.1, -0.05) is 66.7 Å². The molecule has 9 heteroatoms. The van der Waals surface area contributed by atoms with Crippen LogP contribution in [-0.4, -0.2) is 50.0 Å². The van der Waals surface area contributed by atoms with Gasteiger partial charge in [-0.3, -0.25) is 13.9 Å². The first-order valence-electron chi connectivity index (χ1n) is 12.0. The topological polar surface area (TPSA) is 86.8 Å². The Kier molecular flexibility index (Phi) is 9.41. The predicted molar refractivity (Wildman–Crippen MR) is 143 cm³/mol. The Morgan fingerprint density at radius 3 is 2.03 bits per heavy atom. The number of amides is 2. The third kappa shape index (κ3) is 8.15. The van der Waals surface area contributed by atoms with Gasteiger partial charge in [-0.15, -0.1) is 0 Å². The highest BCUT2D eigenvalue weighted by molar-refractivity contribution is 7.92. The summed E-state index contributed by atoms with van der Waals surface area (Å²) < 4.78 is 40.1. The fraction of sp³-hybridized carbons (Fsp3) is 0.286. The zero-order chi connectivity index (χ0) is 27.0. The SMILES string of the molecule is CC(C)NC(=O)[C@H](Cc1ccccc1)N(Cc1ccccc1)C(=O)CN(c1cccc(F)c1)S(C)(=O)=O. The molecule has 7 nitrogen and oxygen atoms in total. The van der Waals surface area contributed by atoms with Crippen molar-refractivity contribution in [2.75, 3.05) is 17.1 Å². The van der Waals surface area contributed by atoms with Crippen LogP contribution in [0.3, 0.4) is 0 Å². The first-order valence-corrected chi connectivity index (χ1v) is 13.8. The standard InChI is InChI=1S/C28H32FN3O4S/c1-21(2)30-28(34)26(17-22-11-6-4-7-12-22)31(19-23-13-8-5-9-14-23)27(33)20-32(37(3,35)36)25-16-10-15-24(29)18-25/h4-16,18,21,26H,17,19-20H2,1-3H3,(H,30,34)/t26-/m0/s1. The van der Waals surface area contributed by atoms with Gasteiger partial charge in [0, 0.05) is 19.0 Å². The molecule has 0 heterocycles. The Balaban J connectivity index is 2.03. The Morgan fingerprint density at radius 2 is 1.49 bits per heavy atom. The number of carbonyl (C=O) groups is 2. The summed E-state index contributed by atoms with van der Waals surface area (Å²) in [5, 5.41) is 2.89. The average Bonchev–Trinajstić information content (AvgIpc) is 2.84. The minimum atomic E-state index is -3.94. The molecule has 0 aliphatic heterocycles. The lowest BCUT2D eigenvalue weighted by Gasteiger charge is -2.34. The van der Waals surface area contributed by atoms with Crippen molar-refractivity contribution < 1.29 is 22.4 Å². The summed E-state index contributed by atoms with van der Waals surface area (Å²) in [5.41, 5.74) is 1.66. The van der Waals surface area contributed by atoms with Gasteiger partial charge in [-0.25, -0.2) is 12.8 Å². The molecule has 0 fully saturated rings. The van der Waals surface area contributed by atoms with Crippen LogP contribution in [0.4, 0.5) is 10.1 Å². The van der Waals surface area contributed by atoms with Crippen LogP contribution in [0, 0.1) is 5.82 Å². The van der Waals surface area contributed by atoms with Crippen LogP contribution in [-0.2, 0) is 32.6 Å². The van der Waals surface area contributed by atoms with Crippen LogP contribution in [0.5, 0.6) is 0 Å². The molecule has 2 amide bonds. The Morgan fingerprint density at radius 1 is 0.892 bits per heavy atom. The van der Waals surface area contributed by atoms with E-state index in [1.54, 1.807) is 0 Å². The van der Waals surface area contributed by atoms with Gasteiger partial charge in [0.1, 0.15) is 18.4 Å². The van der Waals surface area contributed by atoms with E-state index in [9.17, 15) is 22.4 Å². The van der Waals surface area contributed by atoms with E-state index >= 15 is 0 Å². The minimum absolute atomic E-state index is 0.0294. The van der Waals surface area contributed by atoms with Gasteiger partial charge in [0.2, 0.25) is 21.8 Å². The number of rotatable bonds is 11. The second-order valence-electron chi connectivity index (χ2n) is 9.13. The lowest BCUT2D eigenvalue weighted by Crippen LogP contribution is -2.54. The van der Waals surface area contributed by atoms with Crippen molar-refractivity contribution in [2.45, 2.75) is 38.9 Å². The minimum Gasteiger partial charge on any atom is -0.352 e. The molecule has 3 aromatic carbocycles. The molecule has 0 radical (unpaired) electrons. The van der Waals surface area contributed by atoms with Crippen molar-refractivity contribution in [1.29, 1.82) is 0 Å². The molecule has 0 bridgehead atoms. The van der Waals surface area contributed by atoms with Crippen LogP contribution in [0.25, 0.3) is 0 Å². The maximum absolute atomic E-state index is 13.9. The summed E-state index contributed by atoms with van der Waals surface area (Å²) in [6.45, 7) is 3.16. The normalized spacial score (nSPS) is 12.1. The van der Waals surface area contributed by atoms with E-state index < -0.39 is 34.3 Å². The summed E-state index contributed by atoms with van der Waals surface area (Å²) in [6, 6.07) is 22.5. The number of nitrogens with one attached hydrogen (secondary N) is 1. The summed E-state index contributed by atoms with van der Waals surface area (Å²) in [4.78, 5) is 28.6. The largest absolute Gasteiger partial charge is 0.352 e. The van der Waals surface area contributed by atoms with Crippen LogP contribution in [0.1, 0.15) is 25.0 Å². The number of benzene rings is 3. The van der Waals surface area contributed by atoms with Gasteiger partial charge in [-0.05, 0) is 43.2 Å². The van der Waals surface area contributed by atoms with Crippen LogP contribution in [0.2, 0.25) is 0 Å². The Labute approximate surface area is 218 Å². The molecular weight excluding hydrogens is 493 g/mol. The van der Waals surface area contributed by atoms with Gasteiger partial charge in [0.05, 0.1) is 11.9 Å². The lowest BCUT2D eigenvalue weighted by atomic mass is 10.0. The quantitative estimate of drug-likeness (QED) is 0.413. The number of halogens is 1. The molecule has 37 heavy (non-hydrogen) atoms. The van der Waals surface area contributed by atoms with Gasteiger partial charge in [-0.2, -0.15) is 0 Å². The Bertz CT molecular complexity index is 1300. The molecule has 0 aliphatic rings. The van der Waals surface area contributed by atoms with E-state index in [-0.39, 0.29) is 30.6 Å². The summed E-state index contributed by atoms with van der Waals surface area (Å²) in [7, 11) is -3.94. The summed E-state index contributed by atoms with van der Waals surface area (Å²) in [6.07, 6.45) is 1.19. The monoisotopic (exact) mass is 525 g/mol. The molecule has 196 valence electrons. The van der Waals surface area contributed by atoms with E-state index in [1.807, 2.05) is 74.5 Å². The molecule has 1 atom stereocenters. The highest BCUT2D eigenvalue weighted by atomic mass is 32.2. The first-order chi connectivity index (χ1) is 17.5. The van der Waals surface area contributed by atoms with E-state index in [1.165, 1.54) is 23.1 Å². The van der Waals surface area contributed by atoms with Crippen molar-refractivity contribution in [3.8, 4) is 0 Å². The summed E-state index contributed by atoms with van der Waals surface area (Å²) in [5.74, 6) is -1.56. The van der Waals surface area contributed by atoms with Gasteiger partial charge in [0.15, 0.2) is 0 Å². The molecule has 1 N–H and O–H groups in total. The highest BCUT2D eigenvalue weighted by Gasteiger charge is 2.33. The number of hydrogen-bond acceptors (Lipinski definition) is 4. The molecule has 0 aromatic heterocycles. The fourth-order valence-corrected chi connectivity index (χ4v) is 4.80. The average molecular weight is 526 g/mol. The van der Waals surface area contributed by atoms with E-state index in [4.69, 9.17) is 0 Å². The molecule has 0 saturated carbocycles. The van der Waals surface area contributed by atoms with Gasteiger partial charge < -0.3 is 10.2 Å². The first kappa shape index (κ1) is 27.9. The van der Waals surface area contributed by atoms with Crippen molar-refractivity contribution in [3.05, 3.63) is 102 Å². The maximum Gasteiger partial charge on any atom is 0.244 e. The molecule has 0 saturated heterocycles. The van der Waals surface area contributed by atoms with E-state index in [0.717, 1.165) is 27.8 Å². The van der Waals surface area contributed by atoms with Gasteiger partial charge in [0.25, 0.3) is 0 Å². The lowest BCUT2D eigenvalue weighted by molar-refractivity contribution is -0.140. The van der Waals surface area contributed by atoms with Gasteiger partial charge >= 0.3 is 0 Å². The fourth-order valence-electron chi connectivity index (χ4n) is 3.96. The van der Waals surface area contributed by atoms with E-state index in [0.29, 0.717) is 0 Å². The highest BCUT2D eigenvalue weighted by Crippen LogP contribution is 2.21. The molecular formula is C28H32FN3O4S. The zero-order valence-electron chi connectivity index (χ0n) is 21.2. The van der Waals surface area contributed by atoms with E-state index in [2.05, 4.69) is 5.32 Å². The predicted octanol–water partition coefficient (Wildman–Crippen LogP) is 3.76. The second-order valence-corrected chi connectivity index (χ2v) is 11.0. The number of hydrogen-bond donors (Lipinski definition) is 1.